The van der Waals surface area contributed by atoms with Gasteiger partial charge in [-0.25, -0.2) is 4.39 Å². The summed E-state index contributed by atoms with van der Waals surface area (Å²) >= 11 is 0. The van der Waals surface area contributed by atoms with Crippen LogP contribution < -0.4 is 4.74 Å². The predicted molar refractivity (Wildman–Crippen MR) is 68.2 cm³/mol. The molecule has 1 aromatic carbocycles. The van der Waals surface area contributed by atoms with Crippen LogP contribution in [0.1, 0.15) is 25.8 Å². The Bertz CT molecular complexity index is 391. The first-order valence-corrected chi connectivity index (χ1v) is 5.99. The minimum atomic E-state index is -1.30. The zero-order valence-corrected chi connectivity index (χ0v) is 11.4. The second kappa shape index (κ2) is 6.16. The van der Waals surface area contributed by atoms with Crippen molar-refractivity contribution in [2.75, 3.05) is 20.8 Å². The molecule has 0 radical (unpaired) electrons. The van der Waals surface area contributed by atoms with Gasteiger partial charge >= 0.3 is 0 Å². The van der Waals surface area contributed by atoms with E-state index < -0.39 is 11.4 Å². The molecule has 1 rings (SSSR count). The third kappa shape index (κ3) is 3.00. The van der Waals surface area contributed by atoms with Crippen LogP contribution in [0.15, 0.2) is 18.2 Å². The van der Waals surface area contributed by atoms with Crippen molar-refractivity contribution in [3.05, 3.63) is 29.6 Å². The number of ether oxygens (including phenoxy) is 2. The zero-order chi connectivity index (χ0) is 13.8. The van der Waals surface area contributed by atoms with Crippen LogP contribution in [0.25, 0.3) is 0 Å². The van der Waals surface area contributed by atoms with Crippen molar-refractivity contribution >= 4 is 0 Å². The number of methoxy groups -OCH3 is 2. The van der Waals surface area contributed by atoms with E-state index in [1.165, 1.54) is 13.2 Å². The average Bonchev–Trinajstić information content (AvgIpc) is 2.34. The van der Waals surface area contributed by atoms with Crippen LogP contribution >= 0.6 is 0 Å². The molecule has 0 amide bonds. The molecule has 3 nitrogen and oxygen atoms in total. The van der Waals surface area contributed by atoms with Crippen molar-refractivity contribution in [2.45, 2.75) is 25.9 Å². The van der Waals surface area contributed by atoms with Crippen molar-refractivity contribution in [2.24, 2.45) is 5.92 Å². The first-order valence-electron chi connectivity index (χ1n) is 5.99. The van der Waals surface area contributed by atoms with Crippen LogP contribution in [0.4, 0.5) is 4.39 Å². The summed E-state index contributed by atoms with van der Waals surface area (Å²) < 4.78 is 24.1. The molecular formula is C14H21FO3. The van der Waals surface area contributed by atoms with Crippen LogP contribution in [0.2, 0.25) is 0 Å². The van der Waals surface area contributed by atoms with E-state index in [0.717, 1.165) is 0 Å². The van der Waals surface area contributed by atoms with Gasteiger partial charge in [0.2, 0.25) is 0 Å². The Morgan fingerprint density at radius 3 is 2.61 bits per heavy atom. The Labute approximate surface area is 108 Å². The largest absolute Gasteiger partial charge is 0.496 e. The fraction of sp³-hybridized carbons (Fsp3) is 0.571. The topological polar surface area (TPSA) is 38.7 Å². The number of halogens is 1. The molecule has 102 valence electrons. The van der Waals surface area contributed by atoms with E-state index in [2.05, 4.69) is 0 Å². The van der Waals surface area contributed by atoms with Crippen molar-refractivity contribution in [1.82, 2.24) is 0 Å². The van der Waals surface area contributed by atoms with Crippen LogP contribution in [0.3, 0.4) is 0 Å². The Morgan fingerprint density at radius 1 is 1.39 bits per heavy atom. The highest BCUT2D eigenvalue weighted by atomic mass is 19.1. The summed E-state index contributed by atoms with van der Waals surface area (Å²) in [5, 5.41) is 10.6. The molecule has 0 aliphatic rings. The lowest BCUT2D eigenvalue weighted by Crippen LogP contribution is -2.32. The van der Waals surface area contributed by atoms with Gasteiger partial charge in [0, 0.05) is 13.7 Å². The van der Waals surface area contributed by atoms with Gasteiger partial charge in [-0.2, -0.15) is 0 Å². The molecular weight excluding hydrogens is 235 g/mol. The van der Waals surface area contributed by atoms with Gasteiger partial charge in [0.05, 0.1) is 18.3 Å². The van der Waals surface area contributed by atoms with E-state index >= 15 is 0 Å². The maximum absolute atomic E-state index is 13.9. The number of benzene rings is 1. The standard InChI is InChI=1S/C14H21FO3/c1-10(8-9-17-3)14(2,16)13-11(15)6-5-7-12(13)18-4/h5-7,10,16H,8-9H2,1-4H3. The van der Waals surface area contributed by atoms with Crippen LogP contribution in [0, 0.1) is 11.7 Å². The smallest absolute Gasteiger partial charge is 0.133 e. The highest BCUT2D eigenvalue weighted by molar-refractivity contribution is 5.39. The SMILES string of the molecule is COCCC(C)C(C)(O)c1c(F)cccc1OC. The molecule has 0 aliphatic heterocycles. The molecule has 18 heavy (non-hydrogen) atoms. The summed E-state index contributed by atoms with van der Waals surface area (Å²) in [4.78, 5) is 0. The first kappa shape index (κ1) is 14.9. The van der Waals surface area contributed by atoms with Crippen molar-refractivity contribution in [1.29, 1.82) is 0 Å². The van der Waals surface area contributed by atoms with Crippen LogP contribution in [-0.4, -0.2) is 25.9 Å². The van der Waals surface area contributed by atoms with Gasteiger partial charge in [-0.15, -0.1) is 0 Å². The Hall–Kier alpha value is -1.13. The van der Waals surface area contributed by atoms with Gasteiger partial charge in [-0.1, -0.05) is 13.0 Å². The van der Waals surface area contributed by atoms with Crippen molar-refractivity contribution < 1.29 is 19.0 Å². The minimum absolute atomic E-state index is 0.150. The van der Waals surface area contributed by atoms with Crippen molar-refractivity contribution in [3.8, 4) is 5.75 Å². The van der Waals surface area contributed by atoms with E-state index in [1.807, 2.05) is 6.92 Å². The monoisotopic (exact) mass is 256 g/mol. The van der Waals surface area contributed by atoms with Crippen LogP contribution in [-0.2, 0) is 10.3 Å². The Morgan fingerprint density at radius 2 is 2.06 bits per heavy atom. The summed E-state index contributed by atoms with van der Waals surface area (Å²) in [5.41, 5.74) is -1.09. The zero-order valence-electron chi connectivity index (χ0n) is 11.4. The molecule has 0 aliphatic carbocycles. The fourth-order valence-corrected chi connectivity index (χ4v) is 1.99. The first-order chi connectivity index (χ1) is 8.45. The van der Waals surface area contributed by atoms with Crippen molar-refractivity contribution in [3.63, 3.8) is 0 Å². The molecule has 2 unspecified atom stereocenters. The average molecular weight is 256 g/mol. The fourth-order valence-electron chi connectivity index (χ4n) is 1.99. The van der Waals surface area contributed by atoms with Gasteiger partial charge in [0.25, 0.3) is 0 Å². The number of hydrogen-bond acceptors (Lipinski definition) is 3. The summed E-state index contributed by atoms with van der Waals surface area (Å²) in [5.74, 6) is -0.240. The molecule has 0 saturated carbocycles. The summed E-state index contributed by atoms with van der Waals surface area (Å²) in [6.07, 6.45) is 0.640. The normalized spacial score (nSPS) is 16.1. The quantitative estimate of drug-likeness (QED) is 0.850. The molecule has 0 aromatic heterocycles. The van der Waals surface area contributed by atoms with Gasteiger partial charge in [-0.3, -0.25) is 0 Å². The highest BCUT2D eigenvalue weighted by Gasteiger charge is 2.35. The van der Waals surface area contributed by atoms with E-state index in [0.29, 0.717) is 18.8 Å². The van der Waals surface area contributed by atoms with Gasteiger partial charge in [0.1, 0.15) is 11.6 Å². The van der Waals surface area contributed by atoms with Gasteiger partial charge in [-0.05, 0) is 31.4 Å². The lowest BCUT2D eigenvalue weighted by molar-refractivity contribution is -0.0154. The Kier molecular flexibility index (Phi) is 5.11. The second-order valence-electron chi connectivity index (χ2n) is 4.65. The molecule has 0 bridgehead atoms. The molecule has 0 saturated heterocycles. The maximum Gasteiger partial charge on any atom is 0.133 e. The van der Waals surface area contributed by atoms with E-state index in [1.54, 1.807) is 26.2 Å². The highest BCUT2D eigenvalue weighted by Crippen LogP contribution is 2.38. The molecule has 1 N–H and O–H groups in total. The molecule has 4 heteroatoms. The third-order valence-corrected chi connectivity index (χ3v) is 3.42. The lowest BCUT2D eigenvalue weighted by atomic mass is 9.81. The molecule has 2 atom stereocenters. The molecule has 1 aromatic rings. The number of aliphatic hydroxyl groups is 1. The summed E-state index contributed by atoms with van der Waals surface area (Å²) in [6.45, 7) is 3.99. The van der Waals surface area contributed by atoms with E-state index in [9.17, 15) is 9.50 Å². The molecule has 0 heterocycles. The summed E-state index contributed by atoms with van der Waals surface area (Å²) in [7, 11) is 3.07. The van der Waals surface area contributed by atoms with E-state index in [-0.39, 0.29) is 11.5 Å². The van der Waals surface area contributed by atoms with Crippen LogP contribution in [0.5, 0.6) is 5.75 Å². The Balaban J connectivity index is 3.10. The molecule has 0 spiro atoms. The lowest BCUT2D eigenvalue weighted by Gasteiger charge is -2.32. The van der Waals surface area contributed by atoms with E-state index in [4.69, 9.17) is 9.47 Å². The van der Waals surface area contributed by atoms with Gasteiger partial charge in [0.15, 0.2) is 0 Å². The number of hydrogen-bond donors (Lipinski definition) is 1. The predicted octanol–water partition coefficient (Wildman–Crippen LogP) is 2.71. The second-order valence-corrected chi connectivity index (χ2v) is 4.65. The third-order valence-electron chi connectivity index (χ3n) is 3.42. The maximum atomic E-state index is 13.9. The number of rotatable bonds is 6. The molecule has 0 fully saturated rings. The van der Waals surface area contributed by atoms with Gasteiger partial charge < -0.3 is 14.6 Å². The minimum Gasteiger partial charge on any atom is -0.496 e. The summed E-state index contributed by atoms with van der Waals surface area (Å²) in [6, 6.07) is 4.54.